The van der Waals surface area contributed by atoms with Crippen LogP contribution in [0.1, 0.15) is 19.5 Å². The number of imidazole rings is 1. The van der Waals surface area contributed by atoms with Crippen molar-refractivity contribution in [1.82, 2.24) is 19.3 Å². The smallest absolute Gasteiger partial charge is 0.148 e. The van der Waals surface area contributed by atoms with E-state index < -0.39 is 0 Å². The number of aryl methyl sites for hydroxylation is 2. The minimum atomic E-state index is 0.253. The molecule has 6 nitrogen and oxygen atoms in total. The molecule has 2 rings (SSSR count). The number of hydrogen-bond acceptors (Lipinski definition) is 4. The van der Waals surface area contributed by atoms with Crippen molar-refractivity contribution in [3.05, 3.63) is 24.4 Å². The Balaban J connectivity index is 2.09. The first-order valence-electron chi connectivity index (χ1n) is 6.17. The maximum absolute atomic E-state index is 6.04. The van der Waals surface area contributed by atoms with Crippen LogP contribution < -0.4 is 11.1 Å². The highest BCUT2D eigenvalue weighted by molar-refractivity contribution is 5.65. The zero-order chi connectivity index (χ0) is 13.1. The maximum atomic E-state index is 6.04. The van der Waals surface area contributed by atoms with Gasteiger partial charge >= 0.3 is 0 Å². The van der Waals surface area contributed by atoms with E-state index in [9.17, 15) is 0 Å². The van der Waals surface area contributed by atoms with E-state index in [2.05, 4.69) is 29.2 Å². The van der Waals surface area contributed by atoms with Gasteiger partial charge in [-0.3, -0.25) is 0 Å². The third-order valence-electron chi connectivity index (χ3n) is 2.90. The summed E-state index contributed by atoms with van der Waals surface area (Å²) in [7, 11) is 0. The van der Waals surface area contributed by atoms with Gasteiger partial charge in [0.15, 0.2) is 0 Å². The largest absolute Gasteiger partial charge is 0.394 e. The molecular weight excluding hydrogens is 228 g/mol. The molecule has 0 saturated heterocycles. The molecule has 0 radical (unpaired) electrons. The molecule has 3 N–H and O–H groups in total. The molecule has 0 spiro atoms. The van der Waals surface area contributed by atoms with Gasteiger partial charge in [0.25, 0.3) is 0 Å². The van der Waals surface area contributed by atoms with Gasteiger partial charge < -0.3 is 15.6 Å². The van der Waals surface area contributed by atoms with Gasteiger partial charge in [0.2, 0.25) is 0 Å². The molecule has 0 aliphatic rings. The summed E-state index contributed by atoms with van der Waals surface area (Å²) in [6, 6.07) is 0.253. The number of anilines is 2. The van der Waals surface area contributed by atoms with Gasteiger partial charge in [-0.05, 0) is 20.8 Å². The van der Waals surface area contributed by atoms with Gasteiger partial charge in [-0.15, -0.1) is 0 Å². The molecule has 0 amide bonds. The molecule has 2 aromatic heterocycles. The summed E-state index contributed by atoms with van der Waals surface area (Å²) < 4.78 is 3.93. The Kier molecular flexibility index (Phi) is 3.55. The Hall–Kier alpha value is -1.98. The molecule has 2 aromatic rings. The predicted octanol–water partition coefficient (Wildman–Crippen LogP) is 1.49. The molecule has 0 aliphatic heterocycles. The lowest BCUT2D eigenvalue weighted by molar-refractivity contribution is 0.599. The van der Waals surface area contributed by atoms with Crippen molar-refractivity contribution in [2.75, 3.05) is 11.1 Å². The Morgan fingerprint density at radius 3 is 2.89 bits per heavy atom. The number of aromatic nitrogens is 4. The highest BCUT2D eigenvalue weighted by atomic mass is 15.3. The summed E-state index contributed by atoms with van der Waals surface area (Å²) in [6.07, 6.45) is 5.54. The summed E-state index contributed by atoms with van der Waals surface area (Å²) in [5.41, 5.74) is 7.64. The van der Waals surface area contributed by atoms with Crippen molar-refractivity contribution < 1.29 is 0 Å². The van der Waals surface area contributed by atoms with E-state index >= 15 is 0 Å². The van der Waals surface area contributed by atoms with Gasteiger partial charge in [-0.1, -0.05) is 0 Å². The lowest BCUT2D eigenvalue weighted by Gasteiger charge is -2.17. The molecule has 1 atom stereocenters. The van der Waals surface area contributed by atoms with Crippen molar-refractivity contribution in [3.8, 4) is 0 Å². The van der Waals surface area contributed by atoms with E-state index in [1.807, 2.05) is 28.7 Å². The first kappa shape index (κ1) is 12.5. The number of nitrogens with two attached hydrogens (primary N) is 1. The molecule has 0 fully saturated rings. The standard InChI is InChI=1S/C12H20N6/c1-4-18-12(11(13)10(3)16-18)15-9(2)7-17-6-5-14-8-17/h5-6,8-9,15H,4,7,13H2,1-3H3. The topological polar surface area (TPSA) is 73.7 Å². The van der Waals surface area contributed by atoms with Crippen molar-refractivity contribution in [1.29, 1.82) is 0 Å². The lowest BCUT2D eigenvalue weighted by atomic mass is 10.3. The van der Waals surface area contributed by atoms with E-state index in [0.717, 1.165) is 30.3 Å². The molecule has 2 heterocycles. The van der Waals surface area contributed by atoms with Crippen molar-refractivity contribution in [3.63, 3.8) is 0 Å². The second kappa shape index (κ2) is 5.12. The van der Waals surface area contributed by atoms with Crippen LogP contribution in [0.5, 0.6) is 0 Å². The SMILES string of the molecule is CCn1nc(C)c(N)c1NC(C)Cn1ccnc1. The Morgan fingerprint density at radius 2 is 2.28 bits per heavy atom. The number of hydrogen-bond donors (Lipinski definition) is 2. The van der Waals surface area contributed by atoms with E-state index in [-0.39, 0.29) is 6.04 Å². The fourth-order valence-corrected chi connectivity index (χ4v) is 1.97. The van der Waals surface area contributed by atoms with Crippen LogP contribution in [-0.4, -0.2) is 25.4 Å². The van der Waals surface area contributed by atoms with E-state index in [1.165, 1.54) is 0 Å². The molecule has 18 heavy (non-hydrogen) atoms. The second-order valence-corrected chi connectivity index (χ2v) is 4.47. The third-order valence-corrected chi connectivity index (χ3v) is 2.90. The Labute approximate surface area is 107 Å². The first-order chi connectivity index (χ1) is 8.61. The van der Waals surface area contributed by atoms with Crippen molar-refractivity contribution in [2.24, 2.45) is 0 Å². The Morgan fingerprint density at radius 1 is 1.50 bits per heavy atom. The number of nitrogens with zero attached hydrogens (tertiary/aromatic N) is 4. The normalized spacial score (nSPS) is 12.6. The van der Waals surface area contributed by atoms with Gasteiger partial charge in [0.1, 0.15) is 5.82 Å². The first-order valence-corrected chi connectivity index (χ1v) is 6.17. The summed E-state index contributed by atoms with van der Waals surface area (Å²) in [5, 5.41) is 7.80. The fraction of sp³-hybridized carbons (Fsp3) is 0.500. The summed E-state index contributed by atoms with van der Waals surface area (Å²) in [6.45, 7) is 7.73. The van der Waals surface area contributed by atoms with Crippen molar-refractivity contribution >= 4 is 11.5 Å². The monoisotopic (exact) mass is 248 g/mol. The lowest BCUT2D eigenvalue weighted by Crippen LogP contribution is -2.23. The van der Waals surface area contributed by atoms with Crippen LogP contribution in [0.15, 0.2) is 18.7 Å². The molecule has 0 saturated carbocycles. The third kappa shape index (κ3) is 2.47. The van der Waals surface area contributed by atoms with Gasteiger partial charge in [-0.2, -0.15) is 5.10 Å². The highest BCUT2D eigenvalue weighted by Gasteiger charge is 2.13. The molecular formula is C12H20N6. The van der Waals surface area contributed by atoms with Gasteiger partial charge in [0, 0.05) is 31.5 Å². The quantitative estimate of drug-likeness (QED) is 0.840. The number of rotatable bonds is 5. The summed E-state index contributed by atoms with van der Waals surface area (Å²) in [5.74, 6) is 0.905. The second-order valence-electron chi connectivity index (χ2n) is 4.47. The highest BCUT2D eigenvalue weighted by Crippen LogP contribution is 2.22. The fourth-order valence-electron chi connectivity index (χ4n) is 1.97. The van der Waals surface area contributed by atoms with Crippen LogP contribution in [0.3, 0.4) is 0 Å². The van der Waals surface area contributed by atoms with Gasteiger partial charge in [0.05, 0.1) is 17.7 Å². The van der Waals surface area contributed by atoms with Crippen molar-refractivity contribution in [2.45, 2.75) is 39.9 Å². The van der Waals surface area contributed by atoms with E-state index in [4.69, 9.17) is 5.73 Å². The van der Waals surface area contributed by atoms with Crippen LogP contribution in [0.4, 0.5) is 11.5 Å². The number of nitrogen functional groups attached to an aromatic ring is 1. The minimum Gasteiger partial charge on any atom is -0.394 e. The molecule has 0 aromatic carbocycles. The Bertz CT molecular complexity index is 499. The van der Waals surface area contributed by atoms with Crippen LogP contribution in [0, 0.1) is 6.92 Å². The molecule has 0 aliphatic carbocycles. The molecule has 6 heteroatoms. The maximum Gasteiger partial charge on any atom is 0.148 e. The molecule has 1 unspecified atom stereocenters. The minimum absolute atomic E-state index is 0.253. The molecule has 98 valence electrons. The van der Waals surface area contributed by atoms with E-state index in [0.29, 0.717) is 0 Å². The van der Waals surface area contributed by atoms with Crippen LogP contribution in [0.25, 0.3) is 0 Å². The predicted molar refractivity (Wildman–Crippen MR) is 72.4 cm³/mol. The summed E-state index contributed by atoms with van der Waals surface area (Å²) >= 11 is 0. The average molecular weight is 248 g/mol. The number of nitrogens with one attached hydrogen (secondary N) is 1. The van der Waals surface area contributed by atoms with Gasteiger partial charge in [-0.25, -0.2) is 9.67 Å². The zero-order valence-electron chi connectivity index (χ0n) is 11.1. The zero-order valence-corrected chi connectivity index (χ0v) is 11.1. The molecule has 0 bridgehead atoms. The van der Waals surface area contributed by atoms with E-state index in [1.54, 1.807) is 6.20 Å². The van der Waals surface area contributed by atoms with Crippen LogP contribution in [-0.2, 0) is 13.1 Å². The average Bonchev–Trinajstić information content (AvgIpc) is 2.92. The van der Waals surface area contributed by atoms with Crippen LogP contribution in [0.2, 0.25) is 0 Å². The summed E-state index contributed by atoms with van der Waals surface area (Å²) in [4.78, 5) is 4.03. The van der Waals surface area contributed by atoms with Crippen LogP contribution >= 0.6 is 0 Å².